The van der Waals surface area contributed by atoms with Crippen LogP contribution in [0.25, 0.3) is 44.4 Å². The lowest BCUT2D eigenvalue weighted by Gasteiger charge is -2.27. The number of rotatable bonds is 4. The maximum atomic E-state index is 15.9. The number of thiol groups is 1. The lowest BCUT2D eigenvalue weighted by Crippen LogP contribution is -2.34. The van der Waals surface area contributed by atoms with Crippen LogP contribution in [0, 0.1) is 11.6 Å². The first-order chi connectivity index (χ1) is 43.6. The third kappa shape index (κ3) is 13.0. The van der Waals surface area contributed by atoms with E-state index in [4.69, 9.17) is 114 Å². The van der Waals surface area contributed by atoms with Gasteiger partial charge in [0.2, 0.25) is 24.9 Å². The fourth-order valence-corrected chi connectivity index (χ4v) is 16.5. The fraction of sp³-hybridized carbons (Fsp3) is 0.478. The van der Waals surface area contributed by atoms with Gasteiger partial charge in [0, 0.05) is 49.0 Å². The van der Waals surface area contributed by atoms with Crippen molar-refractivity contribution in [2.45, 2.75) is 98.9 Å². The first kappa shape index (κ1) is 65.6. The van der Waals surface area contributed by atoms with E-state index in [1.54, 1.807) is 0 Å². The largest absolute Gasteiger partial charge is 0.398 e. The van der Waals surface area contributed by atoms with Crippen molar-refractivity contribution in [3.05, 3.63) is 81.9 Å². The highest BCUT2D eigenvalue weighted by Gasteiger charge is 2.53. The molecule has 496 valence electrons. The van der Waals surface area contributed by atoms with Gasteiger partial charge in [0.15, 0.2) is 58.8 Å². The number of aromatic nitrogens is 12. The molecule has 4 unspecified atom stereocenters. The number of nitrogens with zero attached hydrogens (tertiary/aromatic N) is 10. The van der Waals surface area contributed by atoms with Crippen LogP contribution in [0.4, 0.5) is 40.8 Å². The molecule has 8 aromatic rings. The van der Waals surface area contributed by atoms with E-state index < -0.39 is 174 Å². The number of fused-ring (bicyclic) bond motifs is 10. The summed E-state index contributed by atoms with van der Waals surface area (Å²) in [5, 5.41) is 0.218. The van der Waals surface area contributed by atoms with Crippen molar-refractivity contribution in [3.8, 4) is 0 Å². The van der Waals surface area contributed by atoms with Crippen LogP contribution in [0.3, 0.4) is 0 Å². The van der Waals surface area contributed by atoms with Crippen LogP contribution in [0.2, 0.25) is 0 Å². The normalized spacial score (nSPS) is 35.8. The molecule has 14 rings (SSSR count). The maximum absolute atomic E-state index is 15.9. The van der Waals surface area contributed by atoms with Crippen molar-refractivity contribution in [1.29, 1.82) is 0 Å². The van der Waals surface area contributed by atoms with Crippen molar-refractivity contribution >= 4 is 142 Å². The molecule has 6 fully saturated rings. The molecular weight excluding hydrogens is 1390 g/mol. The minimum Gasteiger partial charge on any atom is -0.398 e. The average molecular weight is 1450 g/mol. The number of alkyl halides is 2. The number of H-pyrrole nitrogens is 2. The van der Waals surface area contributed by atoms with E-state index >= 15 is 8.78 Å². The van der Waals surface area contributed by atoms with Crippen LogP contribution in [0.15, 0.2) is 59.2 Å². The molecule has 8 aromatic heterocycles. The van der Waals surface area contributed by atoms with Gasteiger partial charge in [-0.25, -0.2) is 42.1 Å². The number of ether oxygens (including phenoxy) is 6. The van der Waals surface area contributed by atoms with Crippen molar-refractivity contribution in [2.75, 3.05) is 62.1 Å². The Morgan fingerprint density at radius 1 is 0.576 bits per heavy atom. The predicted octanol–water partition coefficient (Wildman–Crippen LogP) is 3.40. The number of imidazole rings is 2. The molecule has 13 N–H and O–H groups in total. The topological polar surface area (TPSA) is 455 Å². The number of hydrogen-bond donors (Lipinski definition) is 10. The summed E-state index contributed by atoms with van der Waals surface area (Å²) >= 11 is 19.9. The standard InChI is InChI=1S/2C23H26F2N8O9P2S2/c2*24-9-4-32(19-15(9)10(26)1-2-28-19)14-3-11-12(40-14)5-39-44(36,46)42-18-16(25)13(6-38-43(35,45)8-37-11)41-22(18)33-7-29-17-20(33)30-23(27)31-21(17)34/h2*1-2,4,7,11-14,16,18,22H,3,5-6,8H2,(H2,26,28)(H,35,45)(H,36,46)(H3,27,30,31,34)/t2*11-,12+,13+,14+,16+,18+,22+,43?,44?/m00/s1. The molecule has 0 spiro atoms. The summed E-state index contributed by atoms with van der Waals surface area (Å²) in [4.78, 5) is 86.8. The molecule has 6 aliphatic heterocycles. The van der Waals surface area contributed by atoms with Crippen molar-refractivity contribution in [3.63, 3.8) is 0 Å². The SMILES string of the molecule is Nc1nc2c(ncn2[C@@H]2O[C@@H]3COP(O)(=S)CO[C@H]4C[C@H](n5cc(F)c6c(N)ccnc65)O[C@@H]4COP(=O)(S)O[C@@H]2[C@@H]3F)c(=O)[nH]1.Nc1nc2c(ncn2[C@@H]2O[C@@H]3COP(O)(=S)CO[C@H]4C[C@H](n5cc(F)c6c(N)ccnc65)O[C@@H]4COP(O)(=S)O[C@@H]2[C@@H]3F)c(=O)[nH]1. The Morgan fingerprint density at radius 3 is 1.46 bits per heavy atom. The molecule has 6 aliphatic rings. The molecule has 4 bridgehead atoms. The first-order valence-corrected chi connectivity index (χ1v) is 38.2. The highest BCUT2D eigenvalue weighted by molar-refractivity contribution is 8.44. The van der Waals surface area contributed by atoms with Gasteiger partial charge in [-0.15, -0.1) is 0 Å². The first-order valence-electron chi connectivity index (χ1n) is 27.2. The number of pyridine rings is 2. The zero-order valence-corrected chi connectivity index (χ0v) is 53.5. The maximum Gasteiger partial charge on any atom is 0.386 e. The predicted molar refractivity (Wildman–Crippen MR) is 327 cm³/mol. The van der Waals surface area contributed by atoms with Gasteiger partial charge in [-0.1, -0.05) is 12.2 Å². The summed E-state index contributed by atoms with van der Waals surface area (Å²) in [5.74, 6) is -1.71. The van der Waals surface area contributed by atoms with Crippen LogP contribution in [-0.2, 0) is 95.5 Å². The summed E-state index contributed by atoms with van der Waals surface area (Å²) in [6.45, 7) is -18.0. The van der Waals surface area contributed by atoms with Gasteiger partial charge in [0.05, 0.1) is 62.1 Å². The highest BCUT2D eigenvalue weighted by Crippen LogP contribution is 2.59. The second kappa shape index (κ2) is 25.2. The Bertz CT molecular complexity index is 4240. The van der Waals surface area contributed by atoms with Crippen molar-refractivity contribution in [2.24, 2.45) is 0 Å². The zero-order chi connectivity index (χ0) is 65.1. The molecule has 0 aliphatic carbocycles. The molecule has 34 nitrogen and oxygen atoms in total. The van der Waals surface area contributed by atoms with E-state index in [1.807, 2.05) is 0 Å². The van der Waals surface area contributed by atoms with E-state index in [9.17, 15) is 37.6 Å². The Labute approximate surface area is 532 Å². The number of nitrogens with one attached hydrogen (secondary N) is 2. The summed E-state index contributed by atoms with van der Waals surface area (Å²) in [6.07, 6.45) is -11.4. The van der Waals surface area contributed by atoms with Crippen LogP contribution in [0.1, 0.15) is 37.8 Å². The molecule has 14 heterocycles. The molecule has 92 heavy (non-hydrogen) atoms. The number of anilines is 4. The average Bonchev–Trinajstić information content (AvgIpc) is 1.65. The molecule has 6 saturated heterocycles. The van der Waals surface area contributed by atoms with Crippen LogP contribution >= 0.6 is 38.7 Å². The van der Waals surface area contributed by atoms with Gasteiger partial charge in [0.25, 0.3) is 11.1 Å². The lowest BCUT2D eigenvalue weighted by atomic mass is 10.1. The quantitative estimate of drug-likeness (QED) is 0.0685. The van der Waals surface area contributed by atoms with Crippen molar-refractivity contribution < 1.29 is 92.4 Å². The van der Waals surface area contributed by atoms with Crippen LogP contribution < -0.4 is 34.1 Å². The number of hydrogen-bond acceptors (Lipinski definition) is 28. The molecule has 0 saturated carbocycles. The molecule has 46 heteroatoms. The Morgan fingerprint density at radius 2 is 1.00 bits per heavy atom. The van der Waals surface area contributed by atoms with Gasteiger partial charge in [0.1, 0.15) is 73.1 Å². The van der Waals surface area contributed by atoms with E-state index in [0.29, 0.717) is 0 Å². The third-order valence-electron chi connectivity index (χ3n) is 15.5. The van der Waals surface area contributed by atoms with Crippen LogP contribution in [-0.4, -0.2) is 173 Å². The van der Waals surface area contributed by atoms with Crippen LogP contribution in [0.5, 0.6) is 0 Å². The highest BCUT2D eigenvalue weighted by atomic mass is 32.7. The van der Waals surface area contributed by atoms with E-state index in [-0.39, 0.29) is 80.5 Å². The minimum atomic E-state index is -4.38. The third-order valence-corrected chi connectivity index (χ3v) is 22.0. The monoisotopic (exact) mass is 1440 g/mol. The summed E-state index contributed by atoms with van der Waals surface area (Å²) < 4.78 is 150. The molecule has 0 radical (unpaired) electrons. The van der Waals surface area contributed by atoms with Gasteiger partial charge < -0.3 is 88.7 Å². The number of halogens is 4. The molecule has 18 atom stereocenters. The second-order valence-electron chi connectivity index (χ2n) is 21.5. The Kier molecular flexibility index (Phi) is 17.9. The van der Waals surface area contributed by atoms with Gasteiger partial charge >= 0.3 is 13.5 Å². The van der Waals surface area contributed by atoms with Gasteiger partial charge in [-0.3, -0.25) is 42.3 Å². The Hall–Kier alpha value is -5.07. The molecule has 0 amide bonds. The number of aromatic amines is 2. The fourth-order valence-electron chi connectivity index (χ4n) is 11.3. The summed E-state index contributed by atoms with van der Waals surface area (Å²) in [5.41, 5.74) is 22.4. The summed E-state index contributed by atoms with van der Waals surface area (Å²) in [6, 6.07) is 2.93. The molecular formula is C46H52F4N16O18P4S4. The zero-order valence-electron chi connectivity index (χ0n) is 46.6. The number of nitrogens with two attached hydrogens (primary N) is 4. The van der Waals surface area contributed by atoms with Gasteiger partial charge in [-0.05, 0) is 47.6 Å². The lowest BCUT2D eigenvalue weighted by molar-refractivity contribution is -0.0568. The minimum absolute atomic E-state index is 0.0576. The number of nitrogen functional groups attached to an aromatic ring is 4. The van der Waals surface area contributed by atoms with E-state index in [0.717, 1.165) is 12.7 Å². The molecule has 0 aromatic carbocycles. The van der Waals surface area contributed by atoms with E-state index in [1.165, 1.54) is 55.2 Å². The summed E-state index contributed by atoms with van der Waals surface area (Å²) in [7, 11) is 0. The second-order valence-corrected chi connectivity index (χ2v) is 34.1. The smallest absolute Gasteiger partial charge is 0.386 e. The van der Waals surface area contributed by atoms with Gasteiger partial charge in [-0.2, -0.15) is 9.97 Å². The van der Waals surface area contributed by atoms with E-state index in [2.05, 4.69) is 52.1 Å². The Balaban J connectivity index is 0.000000168. The van der Waals surface area contributed by atoms with Crippen molar-refractivity contribution in [1.82, 2.24) is 58.1 Å².